The second-order valence-electron chi connectivity index (χ2n) is 5.15. The van der Waals surface area contributed by atoms with Crippen LogP contribution in [0.2, 0.25) is 0 Å². The molecule has 6 heteroatoms. The lowest BCUT2D eigenvalue weighted by atomic mass is 9.99. The minimum Gasteiger partial charge on any atom is -0.379 e. The van der Waals surface area contributed by atoms with Crippen LogP contribution in [0.15, 0.2) is 18.2 Å². The highest BCUT2D eigenvalue weighted by atomic mass is 16.6. The number of nitrogens with zero attached hydrogens (tertiary/aromatic N) is 1. The SMILES string of the molecule is CCCC[C@H](CC)CNc1ccc(C(N)=O)cc1[N+](=O)[O-]. The maximum atomic E-state index is 11.1. The fraction of sp³-hybridized carbons (Fsp3) is 0.533. The van der Waals surface area contributed by atoms with Crippen molar-refractivity contribution in [1.82, 2.24) is 0 Å². The number of carbonyl (C=O) groups excluding carboxylic acids is 1. The molecule has 0 radical (unpaired) electrons. The summed E-state index contributed by atoms with van der Waals surface area (Å²) < 4.78 is 0. The Balaban J connectivity index is 2.82. The molecule has 1 aromatic carbocycles. The van der Waals surface area contributed by atoms with Gasteiger partial charge in [-0.25, -0.2) is 0 Å². The number of nitro groups is 1. The van der Waals surface area contributed by atoms with Gasteiger partial charge in [-0.1, -0.05) is 33.1 Å². The van der Waals surface area contributed by atoms with Crippen LogP contribution in [0.3, 0.4) is 0 Å². The van der Waals surface area contributed by atoms with Crippen molar-refractivity contribution in [3.63, 3.8) is 0 Å². The Bertz CT molecular complexity index is 503. The molecule has 0 saturated heterocycles. The van der Waals surface area contributed by atoms with Gasteiger partial charge in [-0.2, -0.15) is 0 Å². The second-order valence-corrected chi connectivity index (χ2v) is 5.15. The van der Waals surface area contributed by atoms with E-state index in [1.807, 2.05) is 0 Å². The van der Waals surface area contributed by atoms with Crippen molar-refractivity contribution in [3.8, 4) is 0 Å². The van der Waals surface area contributed by atoms with Crippen LogP contribution in [0.1, 0.15) is 49.9 Å². The lowest BCUT2D eigenvalue weighted by Gasteiger charge is -2.16. The zero-order chi connectivity index (χ0) is 15.8. The number of primary amides is 1. The number of nitrogens with one attached hydrogen (secondary N) is 1. The predicted molar refractivity (Wildman–Crippen MR) is 83.4 cm³/mol. The van der Waals surface area contributed by atoms with Gasteiger partial charge in [0.25, 0.3) is 5.69 Å². The first kappa shape index (κ1) is 16.9. The molecule has 1 aromatic rings. The summed E-state index contributed by atoms with van der Waals surface area (Å²) in [5.41, 5.74) is 5.61. The van der Waals surface area contributed by atoms with E-state index in [4.69, 9.17) is 5.73 Å². The third kappa shape index (κ3) is 5.06. The minimum atomic E-state index is -0.668. The molecule has 1 amide bonds. The molecular formula is C15H23N3O3. The quantitative estimate of drug-likeness (QED) is 0.539. The van der Waals surface area contributed by atoms with Crippen molar-refractivity contribution in [3.05, 3.63) is 33.9 Å². The molecule has 0 aliphatic carbocycles. The van der Waals surface area contributed by atoms with Crippen molar-refractivity contribution < 1.29 is 9.72 Å². The Hall–Kier alpha value is -2.11. The zero-order valence-corrected chi connectivity index (χ0v) is 12.6. The lowest BCUT2D eigenvalue weighted by Crippen LogP contribution is -2.15. The first-order valence-corrected chi connectivity index (χ1v) is 7.31. The van der Waals surface area contributed by atoms with E-state index in [0.29, 0.717) is 18.2 Å². The molecule has 21 heavy (non-hydrogen) atoms. The fourth-order valence-corrected chi connectivity index (χ4v) is 2.18. The van der Waals surface area contributed by atoms with Crippen LogP contribution >= 0.6 is 0 Å². The van der Waals surface area contributed by atoms with Crippen LogP contribution in [-0.2, 0) is 0 Å². The summed E-state index contributed by atoms with van der Waals surface area (Å²) in [4.78, 5) is 21.7. The summed E-state index contributed by atoms with van der Waals surface area (Å²) in [5, 5.41) is 14.2. The molecule has 1 rings (SSSR count). The molecule has 1 atom stereocenters. The molecule has 0 heterocycles. The van der Waals surface area contributed by atoms with Gasteiger partial charge < -0.3 is 11.1 Å². The number of anilines is 1. The number of nitro benzene ring substituents is 1. The van der Waals surface area contributed by atoms with Gasteiger partial charge in [0.05, 0.1) is 4.92 Å². The second kappa shape index (κ2) is 8.24. The van der Waals surface area contributed by atoms with Gasteiger partial charge in [0.1, 0.15) is 5.69 Å². The standard InChI is InChI=1S/C15H23N3O3/c1-3-5-6-11(4-2)10-17-13-8-7-12(15(16)19)9-14(13)18(20)21/h7-9,11,17H,3-6,10H2,1-2H3,(H2,16,19)/t11-/m0/s1. The summed E-state index contributed by atoms with van der Waals surface area (Å²) in [6.45, 7) is 4.95. The maximum Gasteiger partial charge on any atom is 0.293 e. The molecule has 116 valence electrons. The number of rotatable bonds is 9. The van der Waals surface area contributed by atoms with Crippen molar-refractivity contribution in [2.75, 3.05) is 11.9 Å². The Kier molecular flexibility index (Phi) is 6.65. The number of unbranched alkanes of at least 4 members (excludes halogenated alkanes) is 1. The minimum absolute atomic E-state index is 0.114. The summed E-state index contributed by atoms with van der Waals surface area (Å²) >= 11 is 0. The van der Waals surface area contributed by atoms with E-state index >= 15 is 0 Å². The monoisotopic (exact) mass is 293 g/mol. The topological polar surface area (TPSA) is 98.3 Å². The predicted octanol–water partition coefficient (Wildman–Crippen LogP) is 3.32. The highest BCUT2D eigenvalue weighted by molar-refractivity contribution is 5.94. The lowest BCUT2D eigenvalue weighted by molar-refractivity contribution is -0.384. The van der Waals surface area contributed by atoms with Gasteiger partial charge in [-0.05, 0) is 24.5 Å². The average molecular weight is 293 g/mol. The van der Waals surface area contributed by atoms with Crippen molar-refractivity contribution in [2.24, 2.45) is 11.7 Å². The summed E-state index contributed by atoms with van der Waals surface area (Å²) in [6.07, 6.45) is 4.43. The molecule has 3 N–H and O–H groups in total. The van der Waals surface area contributed by atoms with Crippen molar-refractivity contribution >= 4 is 17.3 Å². The zero-order valence-electron chi connectivity index (χ0n) is 12.6. The summed E-state index contributed by atoms with van der Waals surface area (Å²) in [5.74, 6) is -0.181. The normalized spacial score (nSPS) is 11.9. The summed E-state index contributed by atoms with van der Waals surface area (Å²) in [6, 6.07) is 4.27. The molecule has 6 nitrogen and oxygen atoms in total. The van der Waals surface area contributed by atoms with Gasteiger partial charge >= 0.3 is 0 Å². The molecule has 0 unspecified atom stereocenters. The maximum absolute atomic E-state index is 11.1. The van der Waals surface area contributed by atoms with Gasteiger partial charge in [0, 0.05) is 18.2 Å². The molecule has 0 saturated carbocycles. The van der Waals surface area contributed by atoms with E-state index in [-0.39, 0.29) is 11.3 Å². The highest BCUT2D eigenvalue weighted by Gasteiger charge is 2.17. The molecule has 0 aromatic heterocycles. The van der Waals surface area contributed by atoms with Gasteiger partial charge in [0.2, 0.25) is 5.91 Å². The van der Waals surface area contributed by atoms with E-state index in [1.165, 1.54) is 12.1 Å². The van der Waals surface area contributed by atoms with Gasteiger partial charge in [-0.3, -0.25) is 14.9 Å². The van der Waals surface area contributed by atoms with E-state index in [2.05, 4.69) is 19.2 Å². The van der Waals surface area contributed by atoms with Gasteiger partial charge in [0.15, 0.2) is 0 Å². The number of amides is 1. The van der Waals surface area contributed by atoms with E-state index in [1.54, 1.807) is 6.07 Å². The first-order valence-electron chi connectivity index (χ1n) is 7.31. The van der Waals surface area contributed by atoms with E-state index in [9.17, 15) is 14.9 Å². The Morgan fingerprint density at radius 3 is 2.67 bits per heavy atom. The number of benzene rings is 1. The largest absolute Gasteiger partial charge is 0.379 e. The van der Waals surface area contributed by atoms with Crippen LogP contribution in [0, 0.1) is 16.0 Å². The van der Waals surface area contributed by atoms with Gasteiger partial charge in [-0.15, -0.1) is 0 Å². The Morgan fingerprint density at radius 2 is 2.14 bits per heavy atom. The fourth-order valence-electron chi connectivity index (χ4n) is 2.18. The average Bonchev–Trinajstić information content (AvgIpc) is 2.47. The number of nitrogens with two attached hydrogens (primary N) is 1. The number of hydrogen-bond acceptors (Lipinski definition) is 4. The Morgan fingerprint density at radius 1 is 1.43 bits per heavy atom. The first-order chi connectivity index (χ1) is 9.99. The third-order valence-corrected chi connectivity index (χ3v) is 3.60. The van der Waals surface area contributed by atoms with Crippen LogP contribution in [0.5, 0.6) is 0 Å². The Labute approximate surface area is 124 Å². The number of hydrogen-bond donors (Lipinski definition) is 2. The summed E-state index contributed by atoms with van der Waals surface area (Å²) in [7, 11) is 0. The van der Waals surface area contributed by atoms with Crippen LogP contribution in [0.4, 0.5) is 11.4 Å². The van der Waals surface area contributed by atoms with Crippen molar-refractivity contribution in [1.29, 1.82) is 0 Å². The van der Waals surface area contributed by atoms with E-state index < -0.39 is 10.8 Å². The molecular weight excluding hydrogens is 270 g/mol. The van der Waals surface area contributed by atoms with Crippen LogP contribution in [0.25, 0.3) is 0 Å². The molecule has 0 aliphatic rings. The highest BCUT2D eigenvalue weighted by Crippen LogP contribution is 2.26. The molecule has 0 bridgehead atoms. The van der Waals surface area contributed by atoms with Crippen LogP contribution < -0.4 is 11.1 Å². The molecule has 0 fully saturated rings. The van der Waals surface area contributed by atoms with Crippen molar-refractivity contribution in [2.45, 2.75) is 39.5 Å². The molecule has 0 aliphatic heterocycles. The third-order valence-electron chi connectivity index (χ3n) is 3.60. The molecule has 0 spiro atoms. The number of carbonyl (C=O) groups is 1. The van der Waals surface area contributed by atoms with Crippen LogP contribution in [-0.4, -0.2) is 17.4 Å². The van der Waals surface area contributed by atoms with E-state index in [0.717, 1.165) is 25.7 Å². The smallest absolute Gasteiger partial charge is 0.293 e.